The number of nitriles is 1. The van der Waals surface area contributed by atoms with Gasteiger partial charge in [-0.25, -0.2) is 9.97 Å². The first-order valence-corrected chi connectivity index (χ1v) is 3.57. The highest BCUT2D eigenvalue weighted by Crippen LogP contribution is 2.10. The van der Waals surface area contributed by atoms with E-state index in [2.05, 4.69) is 9.97 Å². The van der Waals surface area contributed by atoms with E-state index in [1.54, 1.807) is 6.07 Å². The summed E-state index contributed by atoms with van der Waals surface area (Å²) in [6.45, 7) is 1.62. The molecule has 1 N–H and O–H groups in total. The van der Waals surface area contributed by atoms with Crippen molar-refractivity contribution in [2.45, 2.75) is 12.8 Å². The Labute approximate surface area is 70.5 Å². The van der Waals surface area contributed by atoms with Crippen LogP contribution in [0.3, 0.4) is 0 Å². The second-order valence-electron chi connectivity index (χ2n) is 2.45. The highest BCUT2D eigenvalue weighted by Gasteiger charge is 2.09. The van der Waals surface area contributed by atoms with Gasteiger partial charge >= 0.3 is 0 Å². The van der Waals surface area contributed by atoms with Gasteiger partial charge in [-0.3, -0.25) is 0 Å². The van der Waals surface area contributed by atoms with Crippen molar-refractivity contribution in [3.8, 4) is 6.07 Å². The first-order valence-electron chi connectivity index (χ1n) is 3.57. The van der Waals surface area contributed by atoms with Crippen LogP contribution in [0.1, 0.15) is 17.3 Å². The van der Waals surface area contributed by atoms with Gasteiger partial charge in [0.1, 0.15) is 12.2 Å². The fourth-order valence-electron chi connectivity index (χ4n) is 0.866. The van der Waals surface area contributed by atoms with Crippen LogP contribution in [-0.4, -0.2) is 21.7 Å². The Morgan fingerprint density at radius 3 is 2.92 bits per heavy atom. The molecule has 0 spiro atoms. The fourth-order valence-corrected chi connectivity index (χ4v) is 0.866. The molecule has 1 rings (SSSR count). The van der Waals surface area contributed by atoms with Crippen molar-refractivity contribution < 1.29 is 5.11 Å². The van der Waals surface area contributed by atoms with E-state index >= 15 is 0 Å². The summed E-state index contributed by atoms with van der Waals surface area (Å²) in [5, 5.41) is 17.4. The van der Waals surface area contributed by atoms with Gasteiger partial charge in [0, 0.05) is 5.69 Å². The Hall–Kier alpha value is -1.47. The molecular weight excluding hydrogens is 154 g/mol. The lowest BCUT2D eigenvalue weighted by atomic mass is 10.1. The van der Waals surface area contributed by atoms with Crippen molar-refractivity contribution in [1.29, 1.82) is 5.26 Å². The topological polar surface area (TPSA) is 69.8 Å². The van der Waals surface area contributed by atoms with Crippen molar-refractivity contribution in [1.82, 2.24) is 9.97 Å². The predicted octanol–water partition coefficient (Wildman–Crippen LogP) is 0.384. The number of rotatable bonds is 2. The molecule has 0 aliphatic heterocycles. The average molecular weight is 163 g/mol. The van der Waals surface area contributed by atoms with Crippen molar-refractivity contribution in [2.75, 3.05) is 6.61 Å². The molecule has 0 amide bonds. The van der Waals surface area contributed by atoms with E-state index in [-0.39, 0.29) is 6.61 Å². The molecule has 0 fully saturated rings. The zero-order chi connectivity index (χ0) is 8.97. The predicted molar refractivity (Wildman–Crippen MR) is 42.2 cm³/mol. The maximum atomic E-state index is 8.79. The normalized spacial score (nSPS) is 12.1. The van der Waals surface area contributed by atoms with E-state index < -0.39 is 5.92 Å². The van der Waals surface area contributed by atoms with Crippen molar-refractivity contribution in [3.63, 3.8) is 0 Å². The quantitative estimate of drug-likeness (QED) is 0.684. The third-order valence-electron chi connectivity index (χ3n) is 1.52. The molecule has 0 saturated carbocycles. The molecule has 0 aliphatic carbocycles. The number of aliphatic hydroxyl groups is 1. The number of hydrogen-bond acceptors (Lipinski definition) is 4. The van der Waals surface area contributed by atoms with Crippen LogP contribution >= 0.6 is 0 Å². The second-order valence-corrected chi connectivity index (χ2v) is 2.45. The van der Waals surface area contributed by atoms with Crippen molar-refractivity contribution in [3.05, 3.63) is 23.8 Å². The molecule has 1 atom stereocenters. The molecule has 12 heavy (non-hydrogen) atoms. The first-order chi connectivity index (χ1) is 5.77. The molecule has 1 aromatic rings. The summed E-state index contributed by atoms with van der Waals surface area (Å²) in [7, 11) is 0. The minimum absolute atomic E-state index is 0.201. The Balaban J connectivity index is 2.95. The summed E-state index contributed by atoms with van der Waals surface area (Å²) in [5.41, 5.74) is 1.38. The minimum Gasteiger partial charge on any atom is -0.395 e. The Morgan fingerprint density at radius 1 is 1.67 bits per heavy atom. The molecule has 1 heterocycles. The zero-order valence-electron chi connectivity index (χ0n) is 6.73. The number of aryl methyl sites for hydroxylation is 1. The average Bonchev–Trinajstić information content (AvgIpc) is 2.07. The summed E-state index contributed by atoms with van der Waals surface area (Å²) in [6, 6.07) is 3.65. The molecule has 0 aliphatic rings. The van der Waals surface area contributed by atoms with Gasteiger partial charge in [0.15, 0.2) is 0 Å². The highest BCUT2D eigenvalue weighted by molar-refractivity contribution is 5.17. The summed E-state index contributed by atoms with van der Waals surface area (Å²) in [5.74, 6) is -0.535. The van der Waals surface area contributed by atoms with Gasteiger partial charge < -0.3 is 5.11 Å². The van der Waals surface area contributed by atoms with Crippen LogP contribution < -0.4 is 0 Å². The fraction of sp³-hybridized carbons (Fsp3) is 0.375. The van der Waals surface area contributed by atoms with Crippen LogP contribution in [0.15, 0.2) is 12.4 Å². The van der Waals surface area contributed by atoms with E-state index in [0.717, 1.165) is 5.69 Å². The van der Waals surface area contributed by atoms with Crippen molar-refractivity contribution in [2.24, 2.45) is 0 Å². The highest BCUT2D eigenvalue weighted by atomic mass is 16.3. The smallest absolute Gasteiger partial charge is 0.115 e. The van der Waals surface area contributed by atoms with Gasteiger partial charge in [0.2, 0.25) is 0 Å². The van der Waals surface area contributed by atoms with Gasteiger partial charge in [-0.1, -0.05) is 0 Å². The number of aliphatic hydroxyl groups excluding tert-OH is 1. The van der Waals surface area contributed by atoms with E-state index in [4.69, 9.17) is 10.4 Å². The third kappa shape index (κ3) is 1.77. The van der Waals surface area contributed by atoms with Gasteiger partial charge in [-0.05, 0) is 13.0 Å². The number of hydrogen-bond donors (Lipinski definition) is 1. The van der Waals surface area contributed by atoms with Crippen LogP contribution in [0.2, 0.25) is 0 Å². The molecule has 0 radical (unpaired) electrons. The molecule has 0 aromatic carbocycles. The standard InChI is InChI=1S/C8H9N3O/c1-6-2-8(11-5-10-6)7(3-9)4-12/h2,5,7,12H,4H2,1H3. The Kier molecular flexibility index (Phi) is 2.72. The van der Waals surface area contributed by atoms with Crippen LogP contribution in [0, 0.1) is 18.3 Å². The molecule has 0 bridgehead atoms. The van der Waals surface area contributed by atoms with Gasteiger partial charge in [0.05, 0.1) is 18.4 Å². The van der Waals surface area contributed by atoms with Gasteiger partial charge in [-0.2, -0.15) is 5.26 Å². The molecule has 1 unspecified atom stereocenters. The lowest BCUT2D eigenvalue weighted by Gasteiger charge is -2.03. The Bertz CT molecular complexity index is 305. The van der Waals surface area contributed by atoms with Gasteiger partial charge in [0.25, 0.3) is 0 Å². The summed E-state index contributed by atoms with van der Waals surface area (Å²) in [4.78, 5) is 7.78. The molecule has 62 valence electrons. The van der Waals surface area contributed by atoms with Crippen molar-refractivity contribution >= 4 is 0 Å². The maximum Gasteiger partial charge on any atom is 0.115 e. The van der Waals surface area contributed by atoms with Crippen LogP contribution in [0.5, 0.6) is 0 Å². The monoisotopic (exact) mass is 163 g/mol. The minimum atomic E-state index is -0.535. The SMILES string of the molecule is Cc1cc(C(C#N)CO)ncn1. The molecule has 0 saturated heterocycles. The first kappa shape index (κ1) is 8.62. The lowest BCUT2D eigenvalue weighted by molar-refractivity contribution is 0.284. The van der Waals surface area contributed by atoms with E-state index in [1.807, 2.05) is 13.0 Å². The van der Waals surface area contributed by atoms with E-state index in [9.17, 15) is 0 Å². The lowest BCUT2D eigenvalue weighted by Crippen LogP contribution is -2.04. The zero-order valence-corrected chi connectivity index (χ0v) is 6.73. The van der Waals surface area contributed by atoms with Crippen LogP contribution in [0.4, 0.5) is 0 Å². The maximum absolute atomic E-state index is 8.79. The molecule has 1 aromatic heterocycles. The summed E-state index contributed by atoms with van der Waals surface area (Å²) < 4.78 is 0. The van der Waals surface area contributed by atoms with Crippen LogP contribution in [-0.2, 0) is 0 Å². The molecular formula is C8H9N3O. The molecule has 4 heteroatoms. The third-order valence-corrected chi connectivity index (χ3v) is 1.52. The second kappa shape index (κ2) is 3.79. The van der Waals surface area contributed by atoms with E-state index in [1.165, 1.54) is 6.33 Å². The van der Waals surface area contributed by atoms with Gasteiger partial charge in [-0.15, -0.1) is 0 Å². The summed E-state index contributed by atoms with van der Waals surface area (Å²) in [6.07, 6.45) is 1.39. The van der Waals surface area contributed by atoms with E-state index in [0.29, 0.717) is 5.69 Å². The number of aromatic nitrogens is 2. The molecule has 4 nitrogen and oxygen atoms in total. The number of nitrogens with zero attached hydrogens (tertiary/aromatic N) is 3. The Morgan fingerprint density at radius 2 is 2.42 bits per heavy atom. The largest absolute Gasteiger partial charge is 0.395 e. The van der Waals surface area contributed by atoms with Crippen LogP contribution in [0.25, 0.3) is 0 Å². The summed E-state index contributed by atoms with van der Waals surface area (Å²) >= 11 is 0.